The van der Waals surface area contributed by atoms with Gasteiger partial charge in [-0.2, -0.15) is 5.26 Å². The summed E-state index contributed by atoms with van der Waals surface area (Å²) < 4.78 is 0. The van der Waals surface area contributed by atoms with E-state index in [4.69, 9.17) is 16.9 Å². The van der Waals surface area contributed by atoms with Crippen molar-refractivity contribution in [1.29, 1.82) is 5.26 Å². The van der Waals surface area contributed by atoms with E-state index in [1.165, 1.54) is 10.5 Å². The molecule has 0 radical (unpaired) electrons. The van der Waals surface area contributed by atoms with Gasteiger partial charge >= 0.3 is 0 Å². The molecular formula is C15H23ClN2O. The van der Waals surface area contributed by atoms with Crippen molar-refractivity contribution in [3.8, 4) is 6.07 Å². The molecule has 0 spiro atoms. The Kier molecular flexibility index (Phi) is 5.43. The maximum Gasteiger partial charge on any atom is 0.242 e. The second-order valence-corrected chi connectivity index (χ2v) is 6.60. The molecule has 19 heavy (non-hydrogen) atoms. The van der Waals surface area contributed by atoms with Crippen LogP contribution in [0, 0.1) is 22.7 Å². The van der Waals surface area contributed by atoms with Crippen LogP contribution in [-0.2, 0) is 4.79 Å². The molecule has 0 aromatic rings. The van der Waals surface area contributed by atoms with Crippen LogP contribution in [-0.4, -0.2) is 29.3 Å². The van der Waals surface area contributed by atoms with Crippen LogP contribution in [0.2, 0.25) is 0 Å². The van der Waals surface area contributed by atoms with Crippen molar-refractivity contribution < 1.29 is 4.79 Å². The van der Waals surface area contributed by atoms with Crippen LogP contribution in [0.1, 0.15) is 40.5 Å². The van der Waals surface area contributed by atoms with Crippen molar-refractivity contribution in [1.82, 2.24) is 4.90 Å². The molecule has 0 bridgehead atoms. The van der Waals surface area contributed by atoms with Gasteiger partial charge in [-0.3, -0.25) is 4.79 Å². The highest BCUT2D eigenvalue weighted by atomic mass is 35.5. The van der Waals surface area contributed by atoms with E-state index in [1.807, 2.05) is 13.0 Å². The van der Waals surface area contributed by atoms with E-state index in [1.54, 1.807) is 0 Å². The zero-order valence-corrected chi connectivity index (χ0v) is 13.0. The smallest absolute Gasteiger partial charge is 0.242 e. The molecule has 0 N–H and O–H groups in total. The van der Waals surface area contributed by atoms with Crippen LogP contribution in [0.25, 0.3) is 0 Å². The third-order valence-corrected chi connectivity index (χ3v) is 4.12. The zero-order valence-electron chi connectivity index (χ0n) is 12.2. The van der Waals surface area contributed by atoms with E-state index in [-0.39, 0.29) is 23.8 Å². The minimum absolute atomic E-state index is 0.0608. The van der Waals surface area contributed by atoms with Crippen molar-refractivity contribution in [2.24, 2.45) is 11.3 Å². The van der Waals surface area contributed by atoms with E-state index < -0.39 is 5.38 Å². The molecule has 1 aliphatic rings. The normalized spacial score (nSPS) is 23.2. The number of rotatable bonds is 4. The number of carbonyl (C=O) groups excluding carboxylic acids is 1. The molecule has 0 aromatic carbocycles. The Balaban J connectivity index is 2.82. The highest BCUT2D eigenvalue weighted by Gasteiger charge is 2.35. The Morgan fingerprint density at radius 3 is 2.79 bits per heavy atom. The third-order valence-electron chi connectivity index (χ3n) is 3.61. The van der Waals surface area contributed by atoms with E-state index >= 15 is 0 Å². The van der Waals surface area contributed by atoms with E-state index in [0.717, 1.165) is 12.8 Å². The first-order chi connectivity index (χ1) is 8.80. The second-order valence-electron chi connectivity index (χ2n) is 6.13. The van der Waals surface area contributed by atoms with Gasteiger partial charge in [0, 0.05) is 12.5 Å². The quantitative estimate of drug-likeness (QED) is 0.451. The monoisotopic (exact) mass is 282 g/mol. The van der Waals surface area contributed by atoms with Gasteiger partial charge in [0.1, 0.15) is 11.9 Å². The SMILES string of the molecule is CCN(CC#N)C(=O)C(Cl)C1C=C(C)CC(C)(C)C1. The summed E-state index contributed by atoms with van der Waals surface area (Å²) in [5.41, 5.74) is 1.48. The maximum atomic E-state index is 12.3. The van der Waals surface area contributed by atoms with Gasteiger partial charge in [0.05, 0.1) is 6.07 Å². The number of allylic oxidation sites excluding steroid dienone is 2. The molecule has 2 unspecified atom stereocenters. The average molecular weight is 283 g/mol. The summed E-state index contributed by atoms with van der Waals surface area (Å²) in [4.78, 5) is 13.8. The Bertz CT molecular complexity index is 409. The highest BCUT2D eigenvalue weighted by molar-refractivity contribution is 6.31. The van der Waals surface area contributed by atoms with E-state index in [9.17, 15) is 4.79 Å². The number of nitrogens with zero attached hydrogens (tertiary/aromatic N) is 2. The number of hydrogen-bond acceptors (Lipinski definition) is 2. The van der Waals surface area contributed by atoms with Gasteiger partial charge in [0.25, 0.3) is 0 Å². The Morgan fingerprint density at radius 1 is 1.68 bits per heavy atom. The minimum atomic E-state index is -0.567. The van der Waals surface area contributed by atoms with Gasteiger partial charge in [-0.1, -0.05) is 25.5 Å². The van der Waals surface area contributed by atoms with Crippen LogP contribution < -0.4 is 0 Å². The van der Waals surface area contributed by atoms with Crippen molar-refractivity contribution >= 4 is 17.5 Å². The lowest BCUT2D eigenvalue weighted by Crippen LogP contribution is -2.41. The summed E-state index contributed by atoms with van der Waals surface area (Å²) in [6.07, 6.45) is 4.09. The average Bonchev–Trinajstić information content (AvgIpc) is 2.31. The van der Waals surface area contributed by atoms with Crippen molar-refractivity contribution in [2.45, 2.75) is 45.9 Å². The Morgan fingerprint density at radius 2 is 2.32 bits per heavy atom. The lowest BCUT2D eigenvalue weighted by molar-refractivity contribution is -0.130. The summed E-state index contributed by atoms with van der Waals surface area (Å²) >= 11 is 6.37. The first-order valence-electron chi connectivity index (χ1n) is 6.78. The third kappa shape index (κ3) is 4.24. The maximum absolute atomic E-state index is 12.3. The second kappa shape index (κ2) is 6.43. The van der Waals surface area contributed by atoms with Gasteiger partial charge in [0.2, 0.25) is 5.91 Å². The van der Waals surface area contributed by atoms with Gasteiger partial charge in [-0.25, -0.2) is 0 Å². The lowest BCUT2D eigenvalue weighted by atomic mass is 9.72. The van der Waals surface area contributed by atoms with Gasteiger partial charge < -0.3 is 4.90 Å². The van der Waals surface area contributed by atoms with Gasteiger partial charge in [-0.05, 0) is 32.1 Å². The van der Waals surface area contributed by atoms with Gasteiger partial charge in [0.15, 0.2) is 0 Å². The lowest BCUT2D eigenvalue weighted by Gasteiger charge is -2.36. The molecule has 1 rings (SSSR count). The summed E-state index contributed by atoms with van der Waals surface area (Å²) in [6, 6.07) is 2.01. The molecule has 106 valence electrons. The molecular weight excluding hydrogens is 260 g/mol. The molecule has 1 aliphatic carbocycles. The molecule has 0 saturated carbocycles. The highest BCUT2D eigenvalue weighted by Crippen LogP contribution is 2.40. The number of alkyl halides is 1. The minimum Gasteiger partial charge on any atom is -0.328 e. The molecule has 0 aromatic heterocycles. The topological polar surface area (TPSA) is 44.1 Å². The van der Waals surface area contributed by atoms with Crippen LogP contribution in [0.4, 0.5) is 0 Å². The summed E-state index contributed by atoms with van der Waals surface area (Å²) in [6.45, 7) is 9.00. The fourth-order valence-electron chi connectivity index (χ4n) is 2.92. The summed E-state index contributed by atoms with van der Waals surface area (Å²) in [5.74, 6) is -0.0665. The molecule has 0 aliphatic heterocycles. The molecule has 0 heterocycles. The first-order valence-corrected chi connectivity index (χ1v) is 7.21. The summed E-state index contributed by atoms with van der Waals surface area (Å²) in [7, 11) is 0. The predicted octanol–water partition coefficient (Wildman–Crippen LogP) is 3.35. The first kappa shape index (κ1) is 16.0. The van der Waals surface area contributed by atoms with Crippen molar-refractivity contribution in [2.75, 3.05) is 13.1 Å². The standard InChI is InChI=1S/C15H23ClN2O/c1-5-18(7-6-17)14(19)13(16)12-8-11(2)9-15(3,4)10-12/h8,12-13H,5,7,9-10H2,1-4H3. The van der Waals surface area contributed by atoms with Crippen LogP contribution in [0.15, 0.2) is 11.6 Å². The zero-order chi connectivity index (χ0) is 14.6. The molecule has 4 heteroatoms. The summed E-state index contributed by atoms with van der Waals surface area (Å²) in [5, 5.41) is 8.17. The Hall–Kier alpha value is -1.01. The fraction of sp³-hybridized carbons (Fsp3) is 0.733. The van der Waals surface area contributed by atoms with Crippen LogP contribution in [0.5, 0.6) is 0 Å². The van der Waals surface area contributed by atoms with Crippen LogP contribution in [0.3, 0.4) is 0 Å². The van der Waals surface area contributed by atoms with E-state index in [2.05, 4.69) is 26.8 Å². The number of hydrogen-bond donors (Lipinski definition) is 0. The largest absolute Gasteiger partial charge is 0.328 e. The van der Waals surface area contributed by atoms with Gasteiger partial charge in [-0.15, -0.1) is 11.6 Å². The predicted molar refractivity (Wildman–Crippen MR) is 77.8 cm³/mol. The van der Waals surface area contributed by atoms with E-state index in [0.29, 0.717) is 6.54 Å². The number of halogens is 1. The Labute approximate surface area is 121 Å². The van der Waals surface area contributed by atoms with Crippen molar-refractivity contribution in [3.05, 3.63) is 11.6 Å². The number of nitriles is 1. The molecule has 0 saturated heterocycles. The fourth-order valence-corrected chi connectivity index (χ4v) is 3.22. The molecule has 1 amide bonds. The molecule has 0 fully saturated rings. The molecule has 3 nitrogen and oxygen atoms in total. The van der Waals surface area contributed by atoms with Crippen LogP contribution >= 0.6 is 11.6 Å². The number of carbonyl (C=O) groups is 1. The molecule has 2 atom stereocenters. The van der Waals surface area contributed by atoms with Crippen molar-refractivity contribution in [3.63, 3.8) is 0 Å². The number of amides is 1.